The lowest BCUT2D eigenvalue weighted by Gasteiger charge is -2.21. The number of aliphatic hydroxyl groups is 1. The molecule has 2 aliphatic rings. The summed E-state index contributed by atoms with van der Waals surface area (Å²) in [6, 6.07) is 3.71. The third-order valence-corrected chi connectivity index (χ3v) is 4.11. The minimum atomic E-state index is -0.0619. The Morgan fingerprint density at radius 3 is 2.94 bits per heavy atom. The molecule has 0 amide bonds. The summed E-state index contributed by atoms with van der Waals surface area (Å²) in [5, 5.41) is 12.8. The highest BCUT2D eigenvalue weighted by Gasteiger charge is 2.35. The van der Waals surface area contributed by atoms with E-state index < -0.39 is 0 Å². The number of fused-ring (bicyclic) bond motifs is 2. The zero-order valence-corrected chi connectivity index (χ0v) is 9.88. The number of allylic oxidation sites excluding steroid dienone is 2. The Bertz CT molecular complexity index is 385. The van der Waals surface area contributed by atoms with E-state index in [4.69, 9.17) is 4.42 Å². The lowest BCUT2D eigenvalue weighted by molar-refractivity contribution is 0.218. The third kappa shape index (κ3) is 2.17. The number of furan rings is 1. The first kappa shape index (κ1) is 11.1. The maximum Gasteiger partial charge on any atom is 0.123 e. The normalized spacial score (nSPS) is 32.2. The third-order valence-electron chi connectivity index (χ3n) is 4.11. The van der Waals surface area contributed by atoms with Gasteiger partial charge in [-0.2, -0.15) is 0 Å². The van der Waals surface area contributed by atoms with Crippen LogP contribution < -0.4 is 5.32 Å². The first-order valence-electron chi connectivity index (χ1n) is 6.43. The van der Waals surface area contributed by atoms with Crippen molar-refractivity contribution >= 4 is 0 Å². The van der Waals surface area contributed by atoms with Gasteiger partial charge in [0.05, 0.1) is 18.9 Å². The quantitative estimate of drug-likeness (QED) is 0.766. The van der Waals surface area contributed by atoms with Crippen molar-refractivity contribution in [2.45, 2.75) is 18.9 Å². The van der Waals surface area contributed by atoms with E-state index in [0.717, 1.165) is 30.1 Å². The fourth-order valence-corrected chi connectivity index (χ4v) is 3.17. The minimum Gasteiger partial charge on any atom is -0.468 e. The van der Waals surface area contributed by atoms with Crippen LogP contribution in [0.5, 0.6) is 0 Å². The molecule has 3 nitrogen and oxygen atoms in total. The van der Waals surface area contributed by atoms with Gasteiger partial charge in [-0.3, -0.25) is 0 Å². The van der Waals surface area contributed by atoms with Crippen LogP contribution in [0.3, 0.4) is 0 Å². The molecule has 0 spiro atoms. The largest absolute Gasteiger partial charge is 0.468 e. The van der Waals surface area contributed by atoms with E-state index in [0.29, 0.717) is 0 Å². The number of hydrogen-bond acceptors (Lipinski definition) is 3. The van der Waals surface area contributed by atoms with Crippen molar-refractivity contribution in [3.05, 3.63) is 36.3 Å². The Kier molecular flexibility index (Phi) is 3.04. The van der Waals surface area contributed by atoms with Crippen molar-refractivity contribution in [1.82, 2.24) is 5.32 Å². The molecule has 1 heterocycles. The van der Waals surface area contributed by atoms with Gasteiger partial charge in [0.25, 0.3) is 0 Å². The van der Waals surface area contributed by atoms with E-state index in [1.165, 1.54) is 12.8 Å². The summed E-state index contributed by atoms with van der Waals surface area (Å²) in [4.78, 5) is 0. The van der Waals surface area contributed by atoms with Crippen LogP contribution in [-0.2, 0) is 0 Å². The lowest BCUT2D eigenvalue weighted by atomic mass is 9.93. The van der Waals surface area contributed by atoms with Gasteiger partial charge >= 0.3 is 0 Å². The summed E-state index contributed by atoms with van der Waals surface area (Å²) >= 11 is 0. The van der Waals surface area contributed by atoms with Crippen LogP contribution in [0.4, 0.5) is 0 Å². The smallest absolute Gasteiger partial charge is 0.123 e. The molecule has 1 aromatic heterocycles. The van der Waals surface area contributed by atoms with Crippen molar-refractivity contribution < 1.29 is 9.52 Å². The summed E-state index contributed by atoms with van der Waals surface area (Å²) in [6.07, 6.45) is 9.00. The number of aliphatic hydroxyl groups excluding tert-OH is 1. The fraction of sp³-hybridized carbons (Fsp3) is 0.571. The van der Waals surface area contributed by atoms with Gasteiger partial charge in [-0.15, -0.1) is 0 Å². The van der Waals surface area contributed by atoms with Crippen LogP contribution in [0.15, 0.2) is 35.0 Å². The minimum absolute atomic E-state index is 0.0619. The van der Waals surface area contributed by atoms with E-state index in [2.05, 4.69) is 17.5 Å². The molecule has 0 aliphatic heterocycles. The van der Waals surface area contributed by atoms with E-state index in [1.54, 1.807) is 6.26 Å². The molecule has 1 fully saturated rings. The first-order chi connectivity index (χ1) is 8.36. The Labute approximate surface area is 102 Å². The summed E-state index contributed by atoms with van der Waals surface area (Å²) in [7, 11) is 0. The highest BCUT2D eigenvalue weighted by molar-refractivity contribution is 5.11. The maximum atomic E-state index is 9.37. The Morgan fingerprint density at radius 2 is 2.35 bits per heavy atom. The topological polar surface area (TPSA) is 45.4 Å². The molecular weight excluding hydrogens is 214 g/mol. The Morgan fingerprint density at radius 1 is 1.41 bits per heavy atom. The molecule has 2 aliphatic carbocycles. The molecule has 4 atom stereocenters. The molecule has 2 bridgehead atoms. The van der Waals surface area contributed by atoms with Crippen molar-refractivity contribution in [3.8, 4) is 0 Å². The molecule has 0 saturated heterocycles. The summed E-state index contributed by atoms with van der Waals surface area (Å²) < 4.78 is 5.33. The average molecular weight is 233 g/mol. The standard InChI is InChI=1S/C14H19NO2/c16-9-13(14-2-1-5-17-14)15-8-12-7-10-3-4-11(12)6-10/h1-5,10-13,15-16H,6-9H2/t10-,11-,12-,13+/m0/s1. The summed E-state index contributed by atoms with van der Waals surface area (Å²) in [5.41, 5.74) is 0. The fourth-order valence-electron chi connectivity index (χ4n) is 3.17. The number of rotatable bonds is 5. The molecule has 0 aromatic carbocycles. The number of nitrogens with one attached hydrogen (secondary N) is 1. The van der Waals surface area contributed by atoms with Crippen LogP contribution in [0.2, 0.25) is 0 Å². The monoisotopic (exact) mass is 233 g/mol. The lowest BCUT2D eigenvalue weighted by Crippen LogP contribution is -2.30. The van der Waals surface area contributed by atoms with Gasteiger partial charge in [-0.25, -0.2) is 0 Å². The number of hydrogen-bond donors (Lipinski definition) is 2. The second kappa shape index (κ2) is 4.67. The molecule has 3 heteroatoms. The van der Waals surface area contributed by atoms with Crippen molar-refractivity contribution in [2.24, 2.45) is 17.8 Å². The molecule has 0 radical (unpaired) electrons. The van der Waals surface area contributed by atoms with Gasteiger partial charge in [0.15, 0.2) is 0 Å². The molecule has 3 rings (SSSR count). The van der Waals surface area contributed by atoms with E-state index in [-0.39, 0.29) is 12.6 Å². The van der Waals surface area contributed by atoms with E-state index in [9.17, 15) is 5.11 Å². The Balaban J connectivity index is 1.55. The zero-order valence-electron chi connectivity index (χ0n) is 9.88. The van der Waals surface area contributed by atoms with Crippen LogP contribution in [0.1, 0.15) is 24.6 Å². The maximum absolute atomic E-state index is 9.37. The van der Waals surface area contributed by atoms with Crippen LogP contribution in [0, 0.1) is 17.8 Å². The van der Waals surface area contributed by atoms with Crippen molar-refractivity contribution in [2.75, 3.05) is 13.2 Å². The molecule has 92 valence electrons. The zero-order chi connectivity index (χ0) is 11.7. The first-order valence-corrected chi connectivity index (χ1v) is 6.43. The van der Waals surface area contributed by atoms with Gasteiger partial charge in [0.2, 0.25) is 0 Å². The molecule has 17 heavy (non-hydrogen) atoms. The van der Waals surface area contributed by atoms with E-state index in [1.807, 2.05) is 12.1 Å². The van der Waals surface area contributed by atoms with Gasteiger partial charge in [-0.05, 0) is 49.3 Å². The summed E-state index contributed by atoms with van der Waals surface area (Å²) in [5.74, 6) is 3.12. The van der Waals surface area contributed by atoms with Crippen LogP contribution in [0.25, 0.3) is 0 Å². The van der Waals surface area contributed by atoms with E-state index >= 15 is 0 Å². The molecule has 1 aromatic rings. The molecule has 0 unspecified atom stereocenters. The Hall–Kier alpha value is -1.06. The van der Waals surface area contributed by atoms with Crippen LogP contribution in [-0.4, -0.2) is 18.3 Å². The van der Waals surface area contributed by atoms with Crippen molar-refractivity contribution in [3.63, 3.8) is 0 Å². The molecule has 1 saturated carbocycles. The van der Waals surface area contributed by atoms with Gasteiger partial charge in [-0.1, -0.05) is 12.2 Å². The highest BCUT2D eigenvalue weighted by Crippen LogP contribution is 2.43. The molecule has 2 N–H and O–H groups in total. The predicted octanol–water partition coefficient (Wildman–Crippen LogP) is 2.11. The summed E-state index contributed by atoms with van der Waals surface area (Å²) in [6.45, 7) is 1.06. The van der Waals surface area contributed by atoms with Gasteiger partial charge in [0.1, 0.15) is 5.76 Å². The highest BCUT2D eigenvalue weighted by atomic mass is 16.3. The second-order valence-corrected chi connectivity index (χ2v) is 5.20. The SMILES string of the molecule is OC[C@@H](NC[C@@H]1C[C@H]2C=C[C@H]1C2)c1ccco1. The second-order valence-electron chi connectivity index (χ2n) is 5.20. The predicted molar refractivity (Wildman–Crippen MR) is 65.4 cm³/mol. The van der Waals surface area contributed by atoms with Gasteiger partial charge < -0.3 is 14.8 Å². The molecular formula is C14H19NO2. The average Bonchev–Trinajstić information content (AvgIpc) is 3.06. The van der Waals surface area contributed by atoms with Gasteiger partial charge in [0, 0.05) is 0 Å². The van der Waals surface area contributed by atoms with Crippen molar-refractivity contribution in [1.29, 1.82) is 0 Å². The van der Waals surface area contributed by atoms with Crippen LogP contribution >= 0.6 is 0 Å².